The molecular weight excluding hydrogens is 224 g/mol. The standard InChI is InChI=1S/C12H22N2O.ClH/c15-12(11-8-4-5-9-13-11)14-10-6-2-1-3-7-10;/h10-11,13H,1-9H2,(H,14,15);1H/t11-;/m1./s1. The first-order chi connectivity index (χ1) is 7.36. The smallest absolute Gasteiger partial charge is 0.237 e. The van der Waals surface area contributed by atoms with Crippen LogP contribution in [0.15, 0.2) is 0 Å². The second kappa shape index (κ2) is 7.13. The maximum absolute atomic E-state index is 11.9. The first-order valence-electron chi connectivity index (χ1n) is 6.40. The van der Waals surface area contributed by atoms with Crippen molar-refractivity contribution < 1.29 is 4.79 Å². The summed E-state index contributed by atoms with van der Waals surface area (Å²) >= 11 is 0. The normalized spacial score (nSPS) is 26.9. The van der Waals surface area contributed by atoms with E-state index in [4.69, 9.17) is 0 Å². The van der Waals surface area contributed by atoms with Crippen LogP contribution in [0.5, 0.6) is 0 Å². The van der Waals surface area contributed by atoms with E-state index in [0.717, 1.165) is 13.0 Å². The van der Waals surface area contributed by atoms with Crippen molar-refractivity contribution in [3.63, 3.8) is 0 Å². The van der Waals surface area contributed by atoms with Gasteiger partial charge in [0.1, 0.15) is 0 Å². The van der Waals surface area contributed by atoms with E-state index >= 15 is 0 Å². The number of piperidine rings is 1. The van der Waals surface area contributed by atoms with E-state index in [1.807, 2.05) is 0 Å². The Labute approximate surface area is 104 Å². The molecule has 2 fully saturated rings. The molecule has 0 aromatic heterocycles. The highest BCUT2D eigenvalue weighted by Crippen LogP contribution is 2.18. The van der Waals surface area contributed by atoms with E-state index in [1.165, 1.54) is 44.9 Å². The van der Waals surface area contributed by atoms with E-state index in [1.54, 1.807) is 0 Å². The highest BCUT2D eigenvalue weighted by molar-refractivity contribution is 5.85. The lowest BCUT2D eigenvalue weighted by molar-refractivity contribution is -0.124. The van der Waals surface area contributed by atoms with Gasteiger partial charge in [-0.2, -0.15) is 0 Å². The third kappa shape index (κ3) is 3.95. The third-order valence-corrected chi connectivity index (χ3v) is 3.58. The fraction of sp³-hybridized carbons (Fsp3) is 0.917. The number of hydrogen-bond donors (Lipinski definition) is 2. The van der Waals surface area contributed by atoms with Crippen LogP contribution < -0.4 is 10.6 Å². The largest absolute Gasteiger partial charge is 0.352 e. The second-order valence-corrected chi connectivity index (χ2v) is 4.85. The molecule has 0 bridgehead atoms. The molecule has 1 heterocycles. The van der Waals surface area contributed by atoms with Gasteiger partial charge in [0.2, 0.25) is 5.91 Å². The summed E-state index contributed by atoms with van der Waals surface area (Å²) in [5, 5.41) is 6.48. The van der Waals surface area contributed by atoms with Gasteiger partial charge >= 0.3 is 0 Å². The summed E-state index contributed by atoms with van der Waals surface area (Å²) in [6.45, 7) is 1.00. The van der Waals surface area contributed by atoms with Crippen LogP contribution in [0, 0.1) is 0 Å². The highest BCUT2D eigenvalue weighted by Gasteiger charge is 2.23. The summed E-state index contributed by atoms with van der Waals surface area (Å²) in [4.78, 5) is 11.9. The van der Waals surface area contributed by atoms with Gasteiger partial charge in [-0.1, -0.05) is 25.7 Å². The number of hydrogen-bond acceptors (Lipinski definition) is 2. The van der Waals surface area contributed by atoms with Crippen molar-refractivity contribution >= 4 is 18.3 Å². The van der Waals surface area contributed by atoms with Crippen LogP contribution in [-0.4, -0.2) is 24.5 Å². The summed E-state index contributed by atoms with van der Waals surface area (Å²) in [5.41, 5.74) is 0. The highest BCUT2D eigenvalue weighted by atomic mass is 35.5. The van der Waals surface area contributed by atoms with Crippen LogP contribution >= 0.6 is 12.4 Å². The van der Waals surface area contributed by atoms with Crippen molar-refractivity contribution in [3.05, 3.63) is 0 Å². The monoisotopic (exact) mass is 246 g/mol. The minimum atomic E-state index is 0. The number of rotatable bonds is 2. The molecule has 1 aliphatic carbocycles. The molecular formula is C12H23ClN2O. The maximum atomic E-state index is 11.9. The van der Waals surface area contributed by atoms with E-state index in [2.05, 4.69) is 10.6 Å². The molecule has 2 N–H and O–H groups in total. The summed E-state index contributed by atoms with van der Waals surface area (Å²) in [5.74, 6) is 0.238. The van der Waals surface area contributed by atoms with Gasteiger partial charge in [0.05, 0.1) is 6.04 Å². The zero-order valence-electron chi connectivity index (χ0n) is 9.84. The van der Waals surface area contributed by atoms with Gasteiger partial charge in [-0.25, -0.2) is 0 Å². The number of halogens is 1. The summed E-state index contributed by atoms with van der Waals surface area (Å²) in [6, 6.07) is 0.538. The number of nitrogens with one attached hydrogen (secondary N) is 2. The van der Waals surface area contributed by atoms with Crippen LogP contribution in [0.4, 0.5) is 0 Å². The van der Waals surface area contributed by atoms with Gasteiger partial charge in [0.25, 0.3) is 0 Å². The van der Waals surface area contributed by atoms with Crippen LogP contribution in [0.3, 0.4) is 0 Å². The summed E-state index contributed by atoms with van der Waals surface area (Å²) < 4.78 is 0. The molecule has 0 unspecified atom stereocenters. The number of carbonyl (C=O) groups is 1. The fourth-order valence-corrected chi connectivity index (χ4v) is 2.62. The average Bonchev–Trinajstić information content (AvgIpc) is 2.31. The van der Waals surface area contributed by atoms with Crippen molar-refractivity contribution in [3.8, 4) is 0 Å². The molecule has 2 aliphatic rings. The summed E-state index contributed by atoms with van der Waals surface area (Å²) in [6.07, 6.45) is 9.68. The Hall–Kier alpha value is -0.280. The van der Waals surface area contributed by atoms with Gasteiger partial charge in [-0.05, 0) is 32.2 Å². The molecule has 0 aromatic rings. The van der Waals surface area contributed by atoms with E-state index in [0.29, 0.717) is 6.04 Å². The molecule has 1 aliphatic heterocycles. The molecule has 0 spiro atoms. The van der Waals surface area contributed by atoms with Crippen LogP contribution in [0.1, 0.15) is 51.4 Å². The Morgan fingerprint density at radius 1 is 1.00 bits per heavy atom. The Morgan fingerprint density at radius 2 is 1.69 bits per heavy atom. The molecule has 0 radical (unpaired) electrons. The maximum Gasteiger partial charge on any atom is 0.237 e. The van der Waals surface area contributed by atoms with Crippen molar-refractivity contribution in [2.45, 2.75) is 63.5 Å². The molecule has 3 nitrogen and oxygen atoms in total. The van der Waals surface area contributed by atoms with Gasteiger partial charge < -0.3 is 10.6 Å². The zero-order valence-corrected chi connectivity index (χ0v) is 10.7. The first kappa shape index (κ1) is 13.8. The third-order valence-electron chi connectivity index (χ3n) is 3.58. The van der Waals surface area contributed by atoms with Crippen molar-refractivity contribution in [1.29, 1.82) is 0 Å². The molecule has 4 heteroatoms. The molecule has 94 valence electrons. The van der Waals surface area contributed by atoms with E-state index < -0.39 is 0 Å². The molecule has 1 saturated carbocycles. The van der Waals surface area contributed by atoms with E-state index in [9.17, 15) is 4.79 Å². The van der Waals surface area contributed by atoms with Gasteiger partial charge in [-0.3, -0.25) is 4.79 Å². The van der Waals surface area contributed by atoms with Crippen LogP contribution in [0.2, 0.25) is 0 Å². The molecule has 16 heavy (non-hydrogen) atoms. The van der Waals surface area contributed by atoms with Crippen molar-refractivity contribution in [2.24, 2.45) is 0 Å². The molecule has 2 rings (SSSR count). The van der Waals surface area contributed by atoms with Crippen LogP contribution in [0.25, 0.3) is 0 Å². The van der Waals surface area contributed by atoms with Crippen molar-refractivity contribution in [2.75, 3.05) is 6.54 Å². The van der Waals surface area contributed by atoms with Gasteiger partial charge in [-0.15, -0.1) is 12.4 Å². The van der Waals surface area contributed by atoms with Gasteiger partial charge in [0.15, 0.2) is 0 Å². The minimum absolute atomic E-state index is 0. The lowest BCUT2D eigenvalue weighted by Gasteiger charge is -2.27. The number of amides is 1. The van der Waals surface area contributed by atoms with Crippen molar-refractivity contribution in [1.82, 2.24) is 10.6 Å². The molecule has 1 amide bonds. The Morgan fingerprint density at radius 3 is 2.31 bits per heavy atom. The van der Waals surface area contributed by atoms with Crippen LogP contribution in [-0.2, 0) is 4.79 Å². The Kier molecular flexibility index (Phi) is 6.14. The zero-order chi connectivity index (χ0) is 10.5. The Balaban J connectivity index is 0.00000128. The predicted molar refractivity (Wildman–Crippen MR) is 67.9 cm³/mol. The SMILES string of the molecule is Cl.O=C(NC1CCCCC1)[C@H]1CCCCN1. The minimum Gasteiger partial charge on any atom is -0.352 e. The fourth-order valence-electron chi connectivity index (χ4n) is 2.62. The predicted octanol–water partition coefficient (Wildman–Crippen LogP) is 2.00. The number of carbonyl (C=O) groups excluding carboxylic acids is 1. The van der Waals surface area contributed by atoms with Gasteiger partial charge in [0, 0.05) is 6.04 Å². The Bertz CT molecular complexity index is 211. The lowest BCUT2D eigenvalue weighted by atomic mass is 9.95. The molecule has 1 saturated heterocycles. The lowest BCUT2D eigenvalue weighted by Crippen LogP contribution is -2.49. The second-order valence-electron chi connectivity index (χ2n) is 4.85. The summed E-state index contributed by atoms with van der Waals surface area (Å²) in [7, 11) is 0. The quantitative estimate of drug-likeness (QED) is 0.783. The molecule has 0 aromatic carbocycles. The van der Waals surface area contributed by atoms with E-state index in [-0.39, 0.29) is 24.4 Å². The topological polar surface area (TPSA) is 41.1 Å². The molecule has 1 atom stereocenters. The average molecular weight is 247 g/mol. The first-order valence-corrected chi connectivity index (χ1v) is 6.40.